The first kappa shape index (κ1) is 37.1. The standard InChI is InChI=1S/4C10H16O2/c11-10-9-6-2-1-4-8(9)5-3-7-12-10;11-10-7-3-5-8-4-1-2-6-9(8)12-10;11-10-7-9-4-2-1-3-8(9)5-6-12-10;11-10-6-5-8-3-1-2-4-9(8)7-12-10/h4*8-9H,1-7H2. The molecule has 8 rings (SSSR count). The fourth-order valence-corrected chi connectivity index (χ4v) is 9.87. The average Bonchev–Trinajstić information content (AvgIpc) is 3.59. The summed E-state index contributed by atoms with van der Waals surface area (Å²) in [6.07, 6.45) is 29.3. The maximum absolute atomic E-state index is 11.4. The molecule has 0 bridgehead atoms. The van der Waals surface area contributed by atoms with Gasteiger partial charge in [0.2, 0.25) is 0 Å². The summed E-state index contributed by atoms with van der Waals surface area (Å²) in [5.41, 5.74) is 0. The smallest absolute Gasteiger partial charge is 0.309 e. The summed E-state index contributed by atoms with van der Waals surface area (Å²) in [4.78, 5) is 44.7. The van der Waals surface area contributed by atoms with E-state index >= 15 is 0 Å². The molecule has 4 saturated carbocycles. The molecule has 4 saturated heterocycles. The van der Waals surface area contributed by atoms with Crippen molar-refractivity contribution in [3.05, 3.63) is 0 Å². The molecule has 0 N–H and O–H groups in total. The van der Waals surface area contributed by atoms with Crippen LogP contribution in [0.3, 0.4) is 0 Å². The minimum Gasteiger partial charge on any atom is -0.466 e. The van der Waals surface area contributed by atoms with Crippen LogP contribution < -0.4 is 0 Å². The second kappa shape index (κ2) is 19.9. The zero-order chi connectivity index (χ0) is 33.6. The van der Waals surface area contributed by atoms with Gasteiger partial charge in [0, 0.05) is 19.3 Å². The van der Waals surface area contributed by atoms with Crippen LogP contribution in [-0.2, 0) is 38.1 Å². The zero-order valence-electron chi connectivity index (χ0n) is 29.7. The Bertz CT molecular complexity index is 962. The summed E-state index contributed by atoms with van der Waals surface area (Å²) in [6.45, 7) is 2.02. The van der Waals surface area contributed by atoms with Crippen LogP contribution in [0, 0.1) is 41.4 Å². The number of esters is 4. The number of cyclic esters (lactones) is 3. The highest BCUT2D eigenvalue weighted by molar-refractivity contribution is 5.73. The number of rotatable bonds is 0. The molecule has 0 amide bonds. The van der Waals surface area contributed by atoms with E-state index in [1.165, 1.54) is 103 Å². The Hall–Kier alpha value is -2.12. The Labute approximate surface area is 289 Å². The number of fused-ring (bicyclic) bond motifs is 4. The normalized spacial score (nSPS) is 36.5. The third kappa shape index (κ3) is 11.7. The summed E-state index contributed by atoms with van der Waals surface area (Å²) in [6, 6.07) is 0. The monoisotopic (exact) mass is 672 g/mol. The van der Waals surface area contributed by atoms with E-state index in [1.54, 1.807) is 0 Å². The Morgan fingerprint density at radius 2 is 1.00 bits per heavy atom. The molecular formula is C40H64O8. The maximum Gasteiger partial charge on any atom is 0.309 e. The van der Waals surface area contributed by atoms with Crippen LogP contribution in [-0.4, -0.2) is 49.8 Å². The number of ether oxygens (including phenoxy) is 4. The lowest BCUT2D eigenvalue weighted by Crippen LogP contribution is -2.27. The molecule has 0 aromatic heterocycles. The van der Waals surface area contributed by atoms with Gasteiger partial charge < -0.3 is 18.9 Å². The van der Waals surface area contributed by atoms with Gasteiger partial charge in [0.15, 0.2) is 0 Å². The van der Waals surface area contributed by atoms with Crippen LogP contribution in [0.15, 0.2) is 0 Å². The predicted octanol–water partition coefficient (Wildman–Crippen LogP) is 8.66. The van der Waals surface area contributed by atoms with E-state index in [0.717, 1.165) is 50.4 Å². The lowest BCUT2D eigenvalue weighted by Gasteiger charge is -2.28. The van der Waals surface area contributed by atoms with Crippen molar-refractivity contribution >= 4 is 23.9 Å². The Balaban J connectivity index is 0.000000125. The first-order valence-electron chi connectivity index (χ1n) is 20.1. The van der Waals surface area contributed by atoms with E-state index in [1.807, 2.05) is 0 Å². The lowest BCUT2D eigenvalue weighted by molar-refractivity contribution is -0.151. The van der Waals surface area contributed by atoms with E-state index in [4.69, 9.17) is 18.9 Å². The summed E-state index contributed by atoms with van der Waals surface area (Å²) in [5, 5.41) is 0. The van der Waals surface area contributed by atoms with E-state index in [-0.39, 0.29) is 35.9 Å². The molecule has 8 aliphatic rings. The highest BCUT2D eigenvalue weighted by Gasteiger charge is 2.34. The second-order valence-electron chi connectivity index (χ2n) is 16.0. The molecule has 8 unspecified atom stereocenters. The van der Waals surface area contributed by atoms with Gasteiger partial charge in [-0.3, -0.25) is 19.2 Å². The van der Waals surface area contributed by atoms with E-state index in [0.29, 0.717) is 62.8 Å². The molecule has 8 atom stereocenters. The van der Waals surface area contributed by atoms with Gasteiger partial charge in [0.25, 0.3) is 0 Å². The average molecular weight is 673 g/mol. The van der Waals surface area contributed by atoms with Crippen molar-refractivity contribution in [2.45, 2.75) is 167 Å². The van der Waals surface area contributed by atoms with Crippen molar-refractivity contribution in [1.82, 2.24) is 0 Å². The highest BCUT2D eigenvalue weighted by Crippen LogP contribution is 2.38. The molecule has 48 heavy (non-hydrogen) atoms. The van der Waals surface area contributed by atoms with Crippen molar-refractivity contribution < 1.29 is 38.1 Å². The molecule has 8 heteroatoms. The third-order valence-corrected chi connectivity index (χ3v) is 12.7. The van der Waals surface area contributed by atoms with Gasteiger partial charge in [0.1, 0.15) is 6.10 Å². The summed E-state index contributed by atoms with van der Waals surface area (Å²) >= 11 is 0. The molecule has 272 valence electrons. The zero-order valence-corrected chi connectivity index (χ0v) is 29.7. The van der Waals surface area contributed by atoms with Gasteiger partial charge >= 0.3 is 23.9 Å². The fourth-order valence-electron chi connectivity index (χ4n) is 9.87. The van der Waals surface area contributed by atoms with Gasteiger partial charge in [-0.1, -0.05) is 57.8 Å². The Morgan fingerprint density at radius 3 is 1.79 bits per heavy atom. The Kier molecular flexibility index (Phi) is 15.4. The van der Waals surface area contributed by atoms with Crippen molar-refractivity contribution in [3.63, 3.8) is 0 Å². The van der Waals surface area contributed by atoms with Gasteiger partial charge in [-0.2, -0.15) is 0 Å². The first-order valence-corrected chi connectivity index (χ1v) is 20.1. The number of carbonyl (C=O) groups is 4. The summed E-state index contributed by atoms with van der Waals surface area (Å²) in [7, 11) is 0. The predicted molar refractivity (Wildman–Crippen MR) is 183 cm³/mol. The van der Waals surface area contributed by atoms with Crippen molar-refractivity contribution in [1.29, 1.82) is 0 Å². The van der Waals surface area contributed by atoms with Gasteiger partial charge in [-0.15, -0.1) is 0 Å². The van der Waals surface area contributed by atoms with E-state index in [2.05, 4.69) is 0 Å². The lowest BCUT2D eigenvalue weighted by atomic mass is 9.76. The van der Waals surface area contributed by atoms with Crippen LogP contribution in [0.1, 0.15) is 161 Å². The maximum atomic E-state index is 11.4. The Morgan fingerprint density at radius 1 is 0.396 bits per heavy atom. The molecule has 0 aromatic rings. The van der Waals surface area contributed by atoms with Crippen LogP contribution in [0.4, 0.5) is 0 Å². The van der Waals surface area contributed by atoms with Crippen LogP contribution in [0.2, 0.25) is 0 Å². The topological polar surface area (TPSA) is 105 Å². The van der Waals surface area contributed by atoms with Gasteiger partial charge in [-0.25, -0.2) is 0 Å². The molecule has 8 fully saturated rings. The number of hydrogen-bond acceptors (Lipinski definition) is 8. The van der Waals surface area contributed by atoms with Crippen molar-refractivity contribution in [2.24, 2.45) is 41.4 Å². The fraction of sp³-hybridized carbons (Fsp3) is 0.900. The number of carbonyl (C=O) groups excluding carboxylic acids is 4. The highest BCUT2D eigenvalue weighted by atomic mass is 16.5. The molecule has 4 heterocycles. The van der Waals surface area contributed by atoms with Crippen LogP contribution in [0.5, 0.6) is 0 Å². The second-order valence-corrected chi connectivity index (χ2v) is 16.0. The molecule has 4 aliphatic carbocycles. The summed E-state index contributed by atoms with van der Waals surface area (Å²) in [5.74, 6) is 4.64. The minimum absolute atomic E-state index is 0.0180. The molecule has 0 spiro atoms. The number of hydrogen-bond donors (Lipinski definition) is 0. The van der Waals surface area contributed by atoms with Crippen molar-refractivity contribution in [3.8, 4) is 0 Å². The van der Waals surface area contributed by atoms with E-state index < -0.39 is 0 Å². The molecule has 0 aromatic carbocycles. The van der Waals surface area contributed by atoms with Gasteiger partial charge in [-0.05, 0) is 119 Å². The van der Waals surface area contributed by atoms with Crippen LogP contribution in [0.25, 0.3) is 0 Å². The molecule has 0 radical (unpaired) electrons. The minimum atomic E-state index is 0.0180. The molecule has 8 nitrogen and oxygen atoms in total. The van der Waals surface area contributed by atoms with E-state index in [9.17, 15) is 19.2 Å². The van der Waals surface area contributed by atoms with Crippen molar-refractivity contribution in [2.75, 3.05) is 19.8 Å². The summed E-state index contributed by atoms with van der Waals surface area (Å²) < 4.78 is 20.7. The van der Waals surface area contributed by atoms with Gasteiger partial charge in [0.05, 0.1) is 25.7 Å². The third-order valence-electron chi connectivity index (χ3n) is 12.7. The first-order chi connectivity index (χ1) is 23.5. The van der Waals surface area contributed by atoms with Crippen LogP contribution >= 0.6 is 0 Å². The quantitative estimate of drug-likeness (QED) is 0.186. The molecule has 4 aliphatic heterocycles. The molecular weight excluding hydrogens is 608 g/mol. The SMILES string of the molecule is O=C1CC2CCCCC2CCO1.O=C1CCC2CCCCC2CO1.O=C1CCCC2CCCCC2O1.O=C1OCCCC2CCCCC12. The largest absolute Gasteiger partial charge is 0.466 e.